The van der Waals surface area contributed by atoms with Crippen LogP contribution >= 0.6 is 15.9 Å². The maximum Gasteiger partial charge on any atom is 0.256 e. The van der Waals surface area contributed by atoms with Crippen LogP contribution in [-0.4, -0.2) is 24.5 Å². The molecule has 3 rings (SSSR count). The number of benzene rings is 2. The number of ether oxygens (including phenoxy) is 1. The third-order valence-corrected chi connectivity index (χ3v) is 4.28. The molecule has 0 bridgehead atoms. The molecule has 5 nitrogen and oxygen atoms in total. The van der Waals surface area contributed by atoms with Crippen LogP contribution in [0.2, 0.25) is 0 Å². The van der Waals surface area contributed by atoms with Gasteiger partial charge in [0.2, 0.25) is 5.91 Å². The van der Waals surface area contributed by atoms with Gasteiger partial charge in [0.15, 0.2) is 0 Å². The van der Waals surface area contributed by atoms with Gasteiger partial charge < -0.3 is 10.1 Å². The molecule has 1 N–H and O–H groups in total. The Bertz CT molecular complexity index is 761. The zero-order valence-corrected chi connectivity index (χ0v) is 14.7. The maximum absolute atomic E-state index is 12.7. The summed E-state index contributed by atoms with van der Waals surface area (Å²) in [6.45, 7) is 2.43. The maximum atomic E-state index is 12.7. The molecular formula is C18H17BrN2O3. The fourth-order valence-electron chi connectivity index (χ4n) is 2.66. The second-order valence-electron chi connectivity index (χ2n) is 5.37. The van der Waals surface area contributed by atoms with Crippen molar-refractivity contribution < 1.29 is 14.3 Å². The average Bonchev–Trinajstić information content (AvgIpc) is 2.85. The van der Waals surface area contributed by atoms with E-state index in [0.717, 1.165) is 4.47 Å². The molecule has 2 aromatic rings. The second kappa shape index (κ2) is 7.05. The van der Waals surface area contributed by atoms with E-state index in [1.54, 1.807) is 24.3 Å². The first-order valence-electron chi connectivity index (χ1n) is 7.71. The van der Waals surface area contributed by atoms with Gasteiger partial charge in [0.1, 0.15) is 11.8 Å². The van der Waals surface area contributed by atoms with Crippen LogP contribution in [0.25, 0.3) is 0 Å². The van der Waals surface area contributed by atoms with Gasteiger partial charge in [-0.3, -0.25) is 9.59 Å². The van der Waals surface area contributed by atoms with E-state index in [1.807, 2.05) is 31.2 Å². The van der Waals surface area contributed by atoms with E-state index in [2.05, 4.69) is 21.2 Å². The lowest BCUT2D eigenvalue weighted by atomic mass is 10.2. The highest BCUT2D eigenvalue weighted by molar-refractivity contribution is 9.10. The van der Waals surface area contributed by atoms with Crippen molar-refractivity contribution in [2.24, 2.45) is 0 Å². The lowest BCUT2D eigenvalue weighted by Gasteiger charge is -2.17. The van der Waals surface area contributed by atoms with Crippen LogP contribution in [0, 0.1) is 0 Å². The molecule has 1 saturated heterocycles. The molecule has 0 saturated carbocycles. The number of carbonyl (C=O) groups is 2. The Morgan fingerprint density at radius 2 is 1.88 bits per heavy atom. The van der Waals surface area contributed by atoms with Gasteiger partial charge in [-0.05, 0) is 43.3 Å². The number of rotatable bonds is 5. The third kappa shape index (κ3) is 3.28. The molecule has 1 aliphatic rings. The highest BCUT2D eigenvalue weighted by Crippen LogP contribution is 2.29. The quantitative estimate of drug-likeness (QED) is 0.795. The van der Waals surface area contributed by atoms with E-state index in [1.165, 1.54) is 4.90 Å². The van der Waals surface area contributed by atoms with Gasteiger partial charge >= 0.3 is 0 Å². The molecule has 0 spiro atoms. The van der Waals surface area contributed by atoms with Crippen LogP contribution in [0.4, 0.5) is 11.4 Å². The molecule has 0 aliphatic carbocycles. The van der Waals surface area contributed by atoms with Crippen molar-refractivity contribution >= 4 is 39.1 Å². The number of amides is 2. The van der Waals surface area contributed by atoms with Crippen molar-refractivity contribution in [3.63, 3.8) is 0 Å². The fraction of sp³-hybridized carbons (Fsp3) is 0.222. The number of para-hydroxylation sites is 2. The molecule has 2 aromatic carbocycles. The Morgan fingerprint density at radius 3 is 2.58 bits per heavy atom. The summed E-state index contributed by atoms with van der Waals surface area (Å²) < 4.78 is 6.45. The minimum absolute atomic E-state index is 0.120. The molecule has 0 aromatic heterocycles. The minimum Gasteiger partial charge on any atom is -0.492 e. The van der Waals surface area contributed by atoms with Crippen molar-refractivity contribution in [1.29, 1.82) is 0 Å². The van der Waals surface area contributed by atoms with Crippen LogP contribution in [0.1, 0.15) is 13.3 Å². The Balaban J connectivity index is 1.81. The summed E-state index contributed by atoms with van der Waals surface area (Å²) in [6, 6.07) is 13.9. The molecule has 24 heavy (non-hydrogen) atoms. The highest BCUT2D eigenvalue weighted by Gasteiger charge is 2.39. The van der Waals surface area contributed by atoms with Crippen molar-refractivity contribution in [3.8, 4) is 5.75 Å². The summed E-state index contributed by atoms with van der Waals surface area (Å²) >= 11 is 3.35. The summed E-state index contributed by atoms with van der Waals surface area (Å²) in [7, 11) is 0. The summed E-state index contributed by atoms with van der Waals surface area (Å²) in [5.74, 6) is 0.199. The Labute approximate surface area is 148 Å². The predicted molar refractivity (Wildman–Crippen MR) is 96.3 cm³/mol. The van der Waals surface area contributed by atoms with Crippen molar-refractivity contribution in [1.82, 2.24) is 0 Å². The second-order valence-corrected chi connectivity index (χ2v) is 6.29. The van der Waals surface area contributed by atoms with Gasteiger partial charge in [-0.1, -0.05) is 28.1 Å². The average molecular weight is 389 g/mol. The van der Waals surface area contributed by atoms with Crippen molar-refractivity contribution in [2.45, 2.75) is 19.4 Å². The topological polar surface area (TPSA) is 58.6 Å². The standard InChI is InChI=1S/C18H17BrN2O3/c1-2-24-16-6-4-3-5-14(16)20-15-11-17(22)21(18(15)23)13-9-7-12(19)8-10-13/h3-10,15,20H,2,11H2,1H3/t15-/m0/s1. The number of nitrogens with one attached hydrogen (secondary N) is 1. The summed E-state index contributed by atoms with van der Waals surface area (Å²) in [5.41, 5.74) is 1.29. The van der Waals surface area contributed by atoms with E-state index in [9.17, 15) is 9.59 Å². The molecule has 1 heterocycles. The third-order valence-electron chi connectivity index (χ3n) is 3.75. The zero-order valence-electron chi connectivity index (χ0n) is 13.2. The molecule has 1 aliphatic heterocycles. The van der Waals surface area contributed by atoms with Gasteiger partial charge in [-0.25, -0.2) is 4.90 Å². The van der Waals surface area contributed by atoms with Crippen LogP contribution in [0.3, 0.4) is 0 Å². The monoisotopic (exact) mass is 388 g/mol. The lowest BCUT2D eigenvalue weighted by molar-refractivity contribution is -0.121. The van der Waals surface area contributed by atoms with E-state index < -0.39 is 6.04 Å². The molecule has 6 heteroatoms. The number of imide groups is 1. The first-order chi connectivity index (χ1) is 11.6. The molecular weight excluding hydrogens is 372 g/mol. The van der Waals surface area contributed by atoms with Gasteiger partial charge in [0.25, 0.3) is 5.91 Å². The normalized spacial score (nSPS) is 17.2. The van der Waals surface area contributed by atoms with Gasteiger partial charge in [0.05, 0.1) is 24.4 Å². The predicted octanol–water partition coefficient (Wildman–Crippen LogP) is 3.59. The van der Waals surface area contributed by atoms with E-state index >= 15 is 0 Å². The van der Waals surface area contributed by atoms with Gasteiger partial charge in [-0.15, -0.1) is 0 Å². The largest absolute Gasteiger partial charge is 0.492 e. The number of nitrogens with zero attached hydrogens (tertiary/aromatic N) is 1. The fourth-order valence-corrected chi connectivity index (χ4v) is 2.93. The van der Waals surface area contributed by atoms with Crippen LogP contribution < -0.4 is 15.0 Å². The Morgan fingerprint density at radius 1 is 1.17 bits per heavy atom. The van der Waals surface area contributed by atoms with Crippen molar-refractivity contribution in [3.05, 3.63) is 53.0 Å². The summed E-state index contributed by atoms with van der Waals surface area (Å²) in [5, 5.41) is 3.14. The van der Waals surface area contributed by atoms with Crippen molar-refractivity contribution in [2.75, 3.05) is 16.8 Å². The molecule has 1 fully saturated rings. The lowest BCUT2D eigenvalue weighted by Crippen LogP contribution is -2.34. The Kier molecular flexibility index (Phi) is 4.85. The first-order valence-corrected chi connectivity index (χ1v) is 8.50. The number of halogens is 1. The zero-order chi connectivity index (χ0) is 17.1. The summed E-state index contributed by atoms with van der Waals surface area (Å²) in [6.07, 6.45) is 0.120. The van der Waals surface area contributed by atoms with Gasteiger partial charge in [0, 0.05) is 4.47 Å². The number of anilines is 2. The molecule has 0 radical (unpaired) electrons. The SMILES string of the molecule is CCOc1ccccc1N[C@H]1CC(=O)N(c2ccc(Br)cc2)C1=O. The molecule has 0 unspecified atom stereocenters. The number of hydrogen-bond acceptors (Lipinski definition) is 4. The first kappa shape index (κ1) is 16.5. The van der Waals surface area contributed by atoms with Gasteiger partial charge in [-0.2, -0.15) is 0 Å². The van der Waals surface area contributed by atoms with Crippen LogP contribution in [-0.2, 0) is 9.59 Å². The van der Waals surface area contributed by atoms with E-state index in [-0.39, 0.29) is 18.2 Å². The minimum atomic E-state index is -0.595. The van der Waals surface area contributed by atoms with Crippen LogP contribution in [0.15, 0.2) is 53.0 Å². The Hall–Kier alpha value is -2.34. The number of hydrogen-bond donors (Lipinski definition) is 1. The smallest absolute Gasteiger partial charge is 0.256 e. The van der Waals surface area contributed by atoms with Crippen LogP contribution in [0.5, 0.6) is 5.75 Å². The number of carbonyl (C=O) groups excluding carboxylic acids is 2. The highest BCUT2D eigenvalue weighted by atomic mass is 79.9. The molecule has 124 valence electrons. The van der Waals surface area contributed by atoms with E-state index in [0.29, 0.717) is 23.7 Å². The van der Waals surface area contributed by atoms with E-state index in [4.69, 9.17) is 4.74 Å². The molecule has 1 atom stereocenters. The summed E-state index contributed by atoms with van der Waals surface area (Å²) in [4.78, 5) is 26.2. The molecule has 2 amide bonds.